The van der Waals surface area contributed by atoms with Crippen LogP contribution < -0.4 is 15.4 Å². The van der Waals surface area contributed by atoms with E-state index < -0.39 is 0 Å². The van der Waals surface area contributed by atoms with E-state index in [2.05, 4.69) is 15.2 Å². The summed E-state index contributed by atoms with van der Waals surface area (Å²) >= 11 is 13.5. The number of methoxy groups -OCH3 is 1. The molecule has 0 saturated carbocycles. The van der Waals surface area contributed by atoms with Crippen molar-refractivity contribution in [3.63, 3.8) is 0 Å². The Morgan fingerprint density at radius 1 is 1.03 bits per heavy atom. The number of para-hydroxylation sites is 1. The van der Waals surface area contributed by atoms with Gasteiger partial charge in [0.2, 0.25) is 5.91 Å². The second-order valence-corrected chi connectivity index (χ2v) is 9.51. The van der Waals surface area contributed by atoms with E-state index in [0.717, 1.165) is 27.2 Å². The lowest BCUT2D eigenvalue weighted by Gasteiger charge is -2.09. The number of ether oxygens (including phenoxy) is 1. The van der Waals surface area contributed by atoms with Gasteiger partial charge in [0.25, 0.3) is 5.91 Å². The third kappa shape index (κ3) is 6.31. The number of carbonyl (C=O) groups excluding carboxylic acids is 2. The third-order valence-electron chi connectivity index (χ3n) is 5.30. The Labute approximate surface area is 217 Å². The predicted octanol–water partition coefficient (Wildman–Crippen LogP) is 6.12. The Bertz CT molecular complexity index is 1360. The lowest BCUT2D eigenvalue weighted by atomic mass is 10.2. The van der Waals surface area contributed by atoms with Crippen molar-refractivity contribution in [1.82, 2.24) is 9.88 Å². The van der Waals surface area contributed by atoms with Gasteiger partial charge in [-0.1, -0.05) is 41.4 Å². The smallest absolute Gasteiger partial charge is 0.252 e. The molecule has 3 aromatic carbocycles. The van der Waals surface area contributed by atoms with Crippen LogP contribution in [0.4, 0.5) is 5.69 Å². The van der Waals surface area contributed by atoms with Gasteiger partial charge in [0.15, 0.2) is 0 Å². The molecule has 0 fully saturated rings. The standard InChI is InChI=1S/C26H23Cl2N3O3S/c1-34-19-9-7-18(8-10-19)30-25(32)16-35-24-15-31(23-5-3-2-4-21(23)24)13-12-29-26(33)20-11-6-17(27)14-22(20)28/h2-11,14-15H,12-13,16H2,1H3,(H,29,33)(H,30,32). The normalized spacial score (nSPS) is 10.8. The maximum absolute atomic E-state index is 12.5. The first-order valence-electron chi connectivity index (χ1n) is 10.8. The van der Waals surface area contributed by atoms with Crippen LogP contribution in [0.15, 0.2) is 77.8 Å². The molecule has 1 heterocycles. The molecule has 6 nitrogen and oxygen atoms in total. The van der Waals surface area contributed by atoms with Crippen LogP contribution in [-0.4, -0.2) is 35.8 Å². The maximum atomic E-state index is 12.5. The van der Waals surface area contributed by atoms with Crippen molar-refractivity contribution < 1.29 is 14.3 Å². The molecular formula is C26H23Cl2N3O3S. The van der Waals surface area contributed by atoms with E-state index in [1.165, 1.54) is 11.8 Å². The zero-order valence-corrected chi connectivity index (χ0v) is 21.2. The second-order valence-electron chi connectivity index (χ2n) is 7.65. The number of aromatic nitrogens is 1. The molecule has 0 aliphatic heterocycles. The van der Waals surface area contributed by atoms with E-state index in [1.807, 2.05) is 30.5 Å². The van der Waals surface area contributed by atoms with Crippen LogP contribution >= 0.6 is 35.0 Å². The fourth-order valence-electron chi connectivity index (χ4n) is 3.59. The van der Waals surface area contributed by atoms with Crippen LogP contribution in [0.5, 0.6) is 5.75 Å². The number of benzene rings is 3. The number of nitrogens with one attached hydrogen (secondary N) is 2. The summed E-state index contributed by atoms with van der Waals surface area (Å²) in [6.45, 7) is 0.981. The minimum absolute atomic E-state index is 0.0934. The van der Waals surface area contributed by atoms with Crippen molar-refractivity contribution in [2.75, 3.05) is 24.7 Å². The Kier molecular flexibility index (Phi) is 8.23. The zero-order valence-electron chi connectivity index (χ0n) is 18.9. The number of hydrogen-bond donors (Lipinski definition) is 2. The molecule has 0 aliphatic carbocycles. The number of fused-ring (bicyclic) bond motifs is 1. The summed E-state index contributed by atoms with van der Waals surface area (Å²) in [7, 11) is 1.60. The number of carbonyl (C=O) groups is 2. The lowest BCUT2D eigenvalue weighted by Crippen LogP contribution is -2.27. The minimum Gasteiger partial charge on any atom is -0.497 e. The summed E-state index contributed by atoms with van der Waals surface area (Å²) in [5.74, 6) is 0.654. The molecule has 180 valence electrons. The number of rotatable bonds is 9. The maximum Gasteiger partial charge on any atom is 0.252 e. The molecule has 9 heteroatoms. The van der Waals surface area contributed by atoms with Gasteiger partial charge in [-0.2, -0.15) is 0 Å². The summed E-state index contributed by atoms with van der Waals surface area (Å²) in [6, 6.07) is 20.0. The number of anilines is 1. The topological polar surface area (TPSA) is 72.4 Å². The van der Waals surface area contributed by atoms with Crippen LogP contribution in [0.1, 0.15) is 10.4 Å². The van der Waals surface area contributed by atoms with Gasteiger partial charge in [-0.25, -0.2) is 0 Å². The molecule has 4 aromatic rings. The van der Waals surface area contributed by atoms with Crippen molar-refractivity contribution in [2.24, 2.45) is 0 Å². The summed E-state index contributed by atoms with van der Waals surface area (Å²) in [5, 5.41) is 7.65. The van der Waals surface area contributed by atoms with Crippen LogP contribution in [0.2, 0.25) is 10.0 Å². The Morgan fingerprint density at radius 3 is 2.54 bits per heavy atom. The van der Waals surface area contributed by atoms with Gasteiger partial charge < -0.3 is 19.9 Å². The van der Waals surface area contributed by atoms with Crippen molar-refractivity contribution >= 4 is 63.4 Å². The first-order valence-corrected chi connectivity index (χ1v) is 12.6. The largest absolute Gasteiger partial charge is 0.497 e. The van der Waals surface area contributed by atoms with Crippen molar-refractivity contribution in [3.05, 3.63) is 88.5 Å². The Balaban J connectivity index is 1.37. The number of nitrogens with zero attached hydrogens (tertiary/aromatic N) is 1. The van der Waals surface area contributed by atoms with E-state index in [4.69, 9.17) is 27.9 Å². The van der Waals surface area contributed by atoms with Crippen LogP contribution in [0.25, 0.3) is 10.9 Å². The summed E-state index contributed by atoms with van der Waals surface area (Å²) in [5.41, 5.74) is 2.13. The number of thioether (sulfide) groups is 1. The third-order valence-corrected chi connectivity index (χ3v) is 6.89. The molecule has 0 unspecified atom stereocenters. The fourth-order valence-corrected chi connectivity index (χ4v) is 4.97. The first kappa shape index (κ1) is 25.0. The SMILES string of the molecule is COc1ccc(NC(=O)CSc2cn(CCNC(=O)c3ccc(Cl)cc3Cl)c3ccccc23)cc1. The Morgan fingerprint density at radius 2 is 1.80 bits per heavy atom. The summed E-state index contributed by atoms with van der Waals surface area (Å²) in [4.78, 5) is 26.0. The van der Waals surface area contributed by atoms with Crippen molar-refractivity contribution in [2.45, 2.75) is 11.4 Å². The van der Waals surface area contributed by atoms with E-state index in [0.29, 0.717) is 28.7 Å². The molecule has 0 spiro atoms. The number of amides is 2. The summed E-state index contributed by atoms with van der Waals surface area (Å²) in [6.07, 6.45) is 2.01. The molecular weight excluding hydrogens is 505 g/mol. The van der Waals surface area contributed by atoms with Gasteiger partial charge in [-0.3, -0.25) is 9.59 Å². The monoisotopic (exact) mass is 527 g/mol. The zero-order chi connectivity index (χ0) is 24.8. The first-order chi connectivity index (χ1) is 16.9. The molecule has 0 bridgehead atoms. The van der Waals surface area contributed by atoms with E-state index in [9.17, 15) is 9.59 Å². The highest BCUT2D eigenvalue weighted by molar-refractivity contribution is 8.00. The van der Waals surface area contributed by atoms with Crippen LogP contribution in [-0.2, 0) is 11.3 Å². The van der Waals surface area contributed by atoms with Gasteiger partial charge in [-0.05, 0) is 48.5 Å². The van der Waals surface area contributed by atoms with Gasteiger partial charge in [0, 0.05) is 45.8 Å². The number of hydrogen-bond acceptors (Lipinski definition) is 4. The molecule has 0 atom stereocenters. The highest BCUT2D eigenvalue weighted by Gasteiger charge is 2.13. The molecule has 35 heavy (non-hydrogen) atoms. The Hall–Kier alpha value is -3.13. The fraction of sp³-hybridized carbons (Fsp3) is 0.154. The van der Waals surface area contributed by atoms with Gasteiger partial charge in [0.1, 0.15) is 5.75 Å². The number of halogens is 2. The van der Waals surface area contributed by atoms with E-state index in [1.54, 1.807) is 49.6 Å². The molecule has 0 radical (unpaired) electrons. The molecule has 2 amide bonds. The molecule has 1 aromatic heterocycles. The molecule has 2 N–H and O–H groups in total. The average Bonchev–Trinajstić information content (AvgIpc) is 3.21. The van der Waals surface area contributed by atoms with Gasteiger partial charge >= 0.3 is 0 Å². The molecule has 0 aliphatic rings. The second kappa shape index (κ2) is 11.5. The predicted molar refractivity (Wildman–Crippen MR) is 143 cm³/mol. The van der Waals surface area contributed by atoms with Crippen molar-refractivity contribution in [1.29, 1.82) is 0 Å². The van der Waals surface area contributed by atoms with Crippen LogP contribution in [0, 0.1) is 0 Å². The van der Waals surface area contributed by atoms with E-state index in [-0.39, 0.29) is 17.6 Å². The van der Waals surface area contributed by atoms with Gasteiger partial charge in [-0.15, -0.1) is 11.8 Å². The highest BCUT2D eigenvalue weighted by Crippen LogP contribution is 2.30. The molecule has 0 saturated heterocycles. The average molecular weight is 528 g/mol. The lowest BCUT2D eigenvalue weighted by molar-refractivity contribution is -0.113. The van der Waals surface area contributed by atoms with E-state index >= 15 is 0 Å². The summed E-state index contributed by atoms with van der Waals surface area (Å²) < 4.78 is 7.21. The highest BCUT2D eigenvalue weighted by atomic mass is 35.5. The quantitative estimate of drug-likeness (QED) is 0.257. The van der Waals surface area contributed by atoms with Crippen molar-refractivity contribution in [3.8, 4) is 5.75 Å². The van der Waals surface area contributed by atoms with Gasteiger partial charge in [0.05, 0.1) is 23.4 Å². The molecule has 4 rings (SSSR count). The minimum atomic E-state index is -0.257. The van der Waals surface area contributed by atoms with Crippen LogP contribution in [0.3, 0.4) is 0 Å².